The van der Waals surface area contributed by atoms with Crippen LogP contribution >= 0.6 is 15.9 Å². The van der Waals surface area contributed by atoms with Crippen LogP contribution in [0.5, 0.6) is 0 Å². The fraction of sp³-hybridized carbons (Fsp3) is 0.591. The van der Waals surface area contributed by atoms with E-state index in [2.05, 4.69) is 70.5 Å². The van der Waals surface area contributed by atoms with Gasteiger partial charge in [-0.05, 0) is 37.3 Å². The van der Waals surface area contributed by atoms with Crippen molar-refractivity contribution in [1.82, 2.24) is 15.3 Å². The molecule has 0 radical (unpaired) electrons. The average molecular weight is 418 g/mol. The predicted molar refractivity (Wildman–Crippen MR) is 113 cm³/mol. The average Bonchev–Trinajstić information content (AvgIpc) is 3.11. The van der Waals surface area contributed by atoms with Crippen LogP contribution < -0.4 is 5.32 Å². The van der Waals surface area contributed by atoms with Crippen molar-refractivity contribution in [3.8, 4) is 11.3 Å². The van der Waals surface area contributed by atoms with E-state index in [1.807, 2.05) is 0 Å². The van der Waals surface area contributed by atoms with Gasteiger partial charge in [0.2, 0.25) is 0 Å². The molecule has 1 aromatic heterocycles. The number of hydrogen-bond acceptors (Lipinski definition) is 2. The molecule has 3 nitrogen and oxygen atoms in total. The van der Waals surface area contributed by atoms with Gasteiger partial charge in [-0.25, -0.2) is 4.98 Å². The van der Waals surface area contributed by atoms with E-state index in [1.54, 1.807) is 0 Å². The molecule has 1 aromatic carbocycles. The number of halogens is 1. The van der Waals surface area contributed by atoms with Crippen LogP contribution in [0.4, 0.5) is 0 Å². The zero-order valence-corrected chi connectivity index (χ0v) is 17.7. The summed E-state index contributed by atoms with van der Waals surface area (Å²) in [7, 11) is 0. The van der Waals surface area contributed by atoms with Crippen molar-refractivity contribution in [2.24, 2.45) is 5.92 Å². The maximum Gasteiger partial charge on any atom is 0.124 e. The molecule has 2 aromatic rings. The zero-order valence-electron chi connectivity index (χ0n) is 16.1. The lowest BCUT2D eigenvalue weighted by Crippen LogP contribution is -2.35. The van der Waals surface area contributed by atoms with E-state index in [0.29, 0.717) is 12.1 Å². The van der Waals surface area contributed by atoms with Crippen LogP contribution in [-0.2, 0) is 0 Å². The molecule has 1 saturated carbocycles. The number of rotatable bonds is 8. The fourth-order valence-corrected chi connectivity index (χ4v) is 4.29. The van der Waals surface area contributed by atoms with Gasteiger partial charge < -0.3 is 10.3 Å². The van der Waals surface area contributed by atoms with Gasteiger partial charge in [-0.1, -0.05) is 74.0 Å². The molecule has 1 aliphatic carbocycles. The quantitative estimate of drug-likeness (QED) is 0.505. The molecule has 0 aliphatic heterocycles. The smallest absolute Gasteiger partial charge is 0.124 e. The van der Waals surface area contributed by atoms with Crippen molar-refractivity contribution in [3.63, 3.8) is 0 Å². The summed E-state index contributed by atoms with van der Waals surface area (Å²) in [5.41, 5.74) is 2.18. The molecule has 4 heteroatoms. The van der Waals surface area contributed by atoms with E-state index in [4.69, 9.17) is 4.98 Å². The van der Waals surface area contributed by atoms with Gasteiger partial charge in [0.1, 0.15) is 5.82 Å². The van der Waals surface area contributed by atoms with Gasteiger partial charge in [0.25, 0.3) is 0 Å². The molecular formula is C22H32BrN3. The van der Waals surface area contributed by atoms with Crippen LogP contribution in [0.3, 0.4) is 0 Å². The van der Waals surface area contributed by atoms with Crippen molar-refractivity contribution in [3.05, 3.63) is 40.8 Å². The highest BCUT2D eigenvalue weighted by molar-refractivity contribution is 9.10. The first-order valence-corrected chi connectivity index (χ1v) is 11.0. The van der Waals surface area contributed by atoms with E-state index in [0.717, 1.165) is 33.9 Å². The Balaban J connectivity index is 1.72. The van der Waals surface area contributed by atoms with Crippen molar-refractivity contribution in [1.29, 1.82) is 0 Å². The zero-order chi connectivity index (χ0) is 18.4. The molecule has 3 rings (SSSR count). The molecule has 0 saturated heterocycles. The lowest BCUT2D eigenvalue weighted by Gasteiger charge is -2.28. The second-order valence-corrected chi connectivity index (χ2v) is 8.98. The first-order valence-electron chi connectivity index (χ1n) is 10.2. The maximum absolute atomic E-state index is 4.95. The first kappa shape index (κ1) is 19.6. The fourth-order valence-electron chi connectivity index (χ4n) is 3.89. The number of aromatic nitrogens is 2. The highest BCUT2D eigenvalue weighted by atomic mass is 79.9. The first-order chi connectivity index (χ1) is 12.6. The van der Waals surface area contributed by atoms with Crippen molar-refractivity contribution < 1.29 is 0 Å². The minimum atomic E-state index is 0.331. The Morgan fingerprint density at radius 2 is 2.00 bits per heavy atom. The second-order valence-electron chi connectivity index (χ2n) is 8.06. The third-order valence-corrected chi connectivity index (χ3v) is 5.86. The minimum Gasteiger partial charge on any atom is -0.347 e. The molecule has 1 aliphatic rings. The van der Waals surface area contributed by atoms with E-state index < -0.39 is 0 Å². The van der Waals surface area contributed by atoms with Crippen LogP contribution in [0.2, 0.25) is 0 Å². The monoisotopic (exact) mass is 417 g/mol. The third-order valence-electron chi connectivity index (χ3n) is 5.36. The number of H-pyrrole nitrogens is 1. The van der Waals surface area contributed by atoms with Gasteiger partial charge >= 0.3 is 0 Å². The van der Waals surface area contributed by atoms with Crippen LogP contribution in [-0.4, -0.2) is 16.0 Å². The molecule has 0 bridgehead atoms. The Labute approximate surface area is 166 Å². The van der Waals surface area contributed by atoms with Crippen molar-refractivity contribution >= 4 is 15.9 Å². The lowest BCUT2D eigenvalue weighted by atomic mass is 9.94. The van der Waals surface area contributed by atoms with Gasteiger partial charge in [-0.2, -0.15) is 0 Å². The normalized spacial score (nSPS) is 16.9. The SMILES string of the molecule is CC(C)CCC[C@H](NC1CCCCC1)c1nc(-c2cccc(Br)c2)c[nH]1. The Morgan fingerprint density at radius 3 is 2.73 bits per heavy atom. The van der Waals surface area contributed by atoms with Crippen LogP contribution in [0.15, 0.2) is 34.9 Å². The van der Waals surface area contributed by atoms with Gasteiger partial charge in [0.05, 0.1) is 11.7 Å². The largest absolute Gasteiger partial charge is 0.347 e. The standard InChI is InChI=1S/C22H32BrN3/c1-16(2)8-6-13-20(25-19-11-4-3-5-12-19)22-24-15-21(26-22)17-9-7-10-18(23)14-17/h7,9-10,14-16,19-20,25H,3-6,8,11-13H2,1-2H3,(H,24,26)/t20-/m0/s1. The molecule has 0 unspecified atom stereocenters. The van der Waals surface area contributed by atoms with Crippen LogP contribution in [0.1, 0.15) is 77.1 Å². The summed E-state index contributed by atoms with van der Waals surface area (Å²) in [6.07, 6.45) is 12.5. The highest BCUT2D eigenvalue weighted by Crippen LogP contribution is 2.27. The van der Waals surface area contributed by atoms with Crippen molar-refractivity contribution in [2.75, 3.05) is 0 Å². The summed E-state index contributed by atoms with van der Waals surface area (Å²) < 4.78 is 1.09. The number of aromatic amines is 1. The van der Waals surface area contributed by atoms with Crippen molar-refractivity contribution in [2.45, 2.75) is 77.3 Å². The van der Waals surface area contributed by atoms with Crippen LogP contribution in [0, 0.1) is 5.92 Å². The molecule has 1 atom stereocenters. The Bertz CT molecular complexity index is 674. The van der Waals surface area contributed by atoms with E-state index in [1.165, 1.54) is 44.9 Å². The topological polar surface area (TPSA) is 40.7 Å². The summed E-state index contributed by atoms with van der Waals surface area (Å²) in [4.78, 5) is 8.41. The molecular weight excluding hydrogens is 386 g/mol. The van der Waals surface area contributed by atoms with E-state index >= 15 is 0 Å². The summed E-state index contributed by atoms with van der Waals surface area (Å²) in [6, 6.07) is 9.34. The molecule has 2 N–H and O–H groups in total. The number of hydrogen-bond donors (Lipinski definition) is 2. The van der Waals surface area contributed by atoms with Gasteiger partial charge in [0, 0.05) is 22.3 Å². The summed E-state index contributed by atoms with van der Waals surface area (Å²) in [5.74, 6) is 1.86. The van der Waals surface area contributed by atoms with Gasteiger partial charge in [0.15, 0.2) is 0 Å². The molecule has 1 fully saturated rings. The number of nitrogens with one attached hydrogen (secondary N) is 2. The Kier molecular flexibility index (Phi) is 7.32. The summed E-state index contributed by atoms with van der Waals surface area (Å²) >= 11 is 3.56. The van der Waals surface area contributed by atoms with Crippen LogP contribution in [0.25, 0.3) is 11.3 Å². The maximum atomic E-state index is 4.95. The Hall–Kier alpha value is -1.13. The molecule has 26 heavy (non-hydrogen) atoms. The summed E-state index contributed by atoms with van der Waals surface area (Å²) in [5, 5.41) is 3.92. The van der Waals surface area contributed by atoms with E-state index in [9.17, 15) is 0 Å². The predicted octanol–water partition coefficient (Wildman–Crippen LogP) is 6.63. The lowest BCUT2D eigenvalue weighted by molar-refractivity contribution is 0.317. The Morgan fingerprint density at radius 1 is 1.19 bits per heavy atom. The van der Waals surface area contributed by atoms with Gasteiger partial charge in [-0.3, -0.25) is 0 Å². The third kappa shape index (κ3) is 5.68. The highest BCUT2D eigenvalue weighted by Gasteiger charge is 2.21. The van der Waals surface area contributed by atoms with E-state index in [-0.39, 0.29) is 0 Å². The summed E-state index contributed by atoms with van der Waals surface area (Å²) in [6.45, 7) is 4.61. The number of imidazole rings is 1. The molecule has 0 spiro atoms. The molecule has 1 heterocycles. The minimum absolute atomic E-state index is 0.331. The second kappa shape index (κ2) is 9.70. The molecule has 142 valence electrons. The van der Waals surface area contributed by atoms with Gasteiger partial charge in [-0.15, -0.1) is 0 Å². The number of nitrogens with zero attached hydrogens (tertiary/aromatic N) is 1. The molecule has 0 amide bonds. The number of benzene rings is 1.